The molecule has 22 heavy (non-hydrogen) atoms. The van der Waals surface area contributed by atoms with Gasteiger partial charge in [-0.2, -0.15) is 0 Å². The van der Waals surface area contributed by atoms with E-state index in [1.54, 1.807) is 0 Å². The first-order chi connectivity index (χ1) is 10.6. The summed E-state index contributed by atoms with van der Waals surface area (Å²) >= 11 is 0. The first-order valence-corrected chi connectivity index (χ1v) is 8.37. The molecule has 1 amide bonds. The molecule has 0 bridgehead atoms. The Bertz CT molecular complexity index is 681. The van der Waals surface area contributed by atoms with Gasteiger partial charge in [0.25, 0.3) is 0 Å². The fourth-order valence-corrected chi connectivity index (χ4v) is 3.07. The van der Waals surface area contributed by atoms with E-state index in [0.717, 1.165) is 23.9 Å². The molecule has 1 fully saturated rings. The maximum atomic E-state index is 12.1. The van der Waals surface area contributed by atoms with E-state index < -0.39 is 0 Å². The van der Waals surface area contributed by atoms with Crippen LogP contribution in [0.1, 0.15) is 56.8 Å². The normalized spacial score (nSPS) is 14.7. The summed E-state index contributed by atoms with van der Waals surface area (Å²) in [5, 5.41) is 3.05. The lowest BCUT2D eigenvalue weighted by Crippen LogP contribution is -2.29. The van der Waals surface area contributed by atoms with E-state index in [9.17, 15) is 4.79 Å². The van der Waals surface area contributed by atoms with Gasteiger partial charge in [-0.1, -0.05) is 19.9 Å². The molecule has 3 rings (SSSR count). The van der Waals surface area contributed by atoms with Gasteiger partial charge in [0, 0.05) is 25.4 Å². The van der Waals surface area contributed by atoms with Crippen LogP contribution in [0.5, 0.6) is 0 Å². The van der Waals surface area contributed by atoms with Gasteiger partial charge >= 0.3 is 0 Å². The van der Waals surface area contributed by atoms with Crippen molar-refractivity contribution in [3.63, 3.8) is 0 Å². The number of rotatable bonds is 6. The number of benzene rings is 1. The average Bonchev–Trinajstić information content (AvgIpc) is 3.31. The largest absolute Gasteiger partial charge is 0.352 e. The first-order valence-electron chi connectivity index (χ1n) is 8.37. The lowest BCUT2D eigenvalue weighted by molar-refractivity contribution is -0.125. The van der Waals surface area contributed by atoms with Crippen molar-refractivity contribution >= 4 is 16.9 Å². The fourth-order valence-electron chi connectivity index (χ4n) is 3.07. The van der Waals surface area contributed by atoms with Gasteiger partial charge in [0.2, 0.25) is 5.91 Å². The molecule has 0 spiro atoms. The molecule has 1 N–H and O–H groups in total. The number of imidazole rings is 1. The highest BCUT2D eigenvalue weighted by molar-refractivity contribution is 5.79. The highest BCUT2D eigenvalue weighted by Crippen LogP contribution is 2.40. The zero-order chi connectivity index (χ0) is 15.7. The van der Waals surface area contributed by atoms with Crippen molar-refractivity contribution in [3.05, 3.63) is 29.6 Å². The Balaban J connectivity index is 1.73. The van der Waals surface area contributed by atoms with Gasteiger partial charge in [-0.3, -0.25) is 4.79 Å². The highest BCUT2D eigenvalue weighted by Gasteiger charge is 2.28. The number of hydrogen-bond donors (Lipinski definition) is 1. The smallest absolute Gasteiger partial charge is 0.223 e. The maximum Gasteiger partial charge on any atom is 0.223 e. The van der Waals surface area contributed by atoms with Crippen LogP contribution in [-0.4, -0.2) is 15.5 Å². The van der Waals surface area contributed by atoms with Crippen LogP contribution in [0.25, 0.3) is 11.0 Å². The number of aromatic nitrogens is 2. The molecule has 118 valence electrons. The third-order valence-corrected chi connectivity index (χ3v) is 4.75. The summed E-state index contributed by atoms with van der Waals surface area (Å²) in [6.07, 6.45) is 4.31. The Labute approximate surface area is 131 Å². The molecule has 0 saturated heterocycles. The summed E-state index contributed by atoms with van der Waals surface area (Å²) < 4.78 is 2.21. The van der Waals surface area contributed by atoms with Gasteiger partial charge in [0.15, 0.2) is 0 Å². The molecule has 0 radical (unpaired) electrons. The molecule has 0 unspecified atom stereocenters. The summed E-state index contributed by atoms with van der Waals surface area (Å²) in [4.78, 5) is 16.8. The molecular formula is C18H25N3O. The summed E-state index contributed by atoms with van der Waals surface area (Å²) in [5.74, 6) is 2.13. The molecule has 1 aromatic carbocycles. The zero-order valence-electron chi connectivity index (χ0n) is 13.7. The number of nitrogens with zero attached hydrogens (tertiary/aromatic N) is 2. The van der Waals surface area contributed by atoms with E-state index >= 15 is 0 Å². The first kappa shape index (κ1) is 15.1. The molecule has 1 aliphatic carbocycles. The van der Waals surface area contributed by atoms with Crippen molar-refractivity contribution in [3.8, 4) is 0 Å². The Kier molecular flexibility index (Phi) is 4.19. The number of amides is 1. The van der Waals surface area contributed by atoms with E-state index in [2.05, 4.69) is 49.0 Å². The molecule has 2 aromatic rings. The van der Waals surface area contributed by atoms with Crippen LogP contribution in [-0.2, 0) is 18.4 Å². The molecule has 1 saturated carbocycles. The second-order valence-corrected chi connectivity index (χ2v) is 6.36. The highest BCUT2D eigenvalue weighted by atomic mass is 16.1. The van der Waals surface area contributed by atoms with Crippen molar-refractivity contribution in [2.75, 3.05) is 0 Å². The Hall–Kier alpha value is -1.84. The van der Waals surface area contributed by atoms with E-state index in [0.29, 0.717) is 12.5 Å². The number of fused-ring (bicyclic) bond motifs is 1. The third-order valence-electron chi connectivity index (χ3n) is 4.75. The maximum absolute atomic E-state index is 12.1. The standard InChI is InChI=1S/C18H25N3O/c1-4-13(5-2)18(22)19-11-12-6-9-16-15(10-12)20-17(21(16)3)14-7-8-14/h6,9-10,13-14H,4-5,7-8,11H2,1-3H3,(H,19,22). The SMILES string of the molecule is CCC(CC)C(=O)NCc1ccc2c(c1)nc(C1CC1)n2C. The molecular weight excluding hydrogens is 274 g/mol. The van der Waals surface area contributed by atoms with Crippen molar-refractivity contribution in [2.24, 2.45) is 13.0 Å². The number of nitrogens with one attached hydrogen (secondary N) is 1. The van der Waals surface area contributed by atoms with Gasteiger partial charge in [-0.05, 0) is 43.4 Å². The number of hydrogen-bond acceptors (Lipinski definition) is 2. The quantitative estimate of drug-likeness (QED) is 0.887. The van der Waals surface area contributed by atoms with E-state index in [1.165, 1.54) is 24.2 Å². The van der Waals surface area contributed by atoms with E-state index in [4.69, 9.17) is 4.98 Å². The number of carbonyl (C=O) groups excluding carboxylic acids is 1. The topological polar surface area (TPSA) is 46.9 Å². The predicted molar refractivity (Wildman–Crippen MR) is 88.6 cm³/mol. The number of carbonyl (C=O) groups is 1. The van der Waals surface area contributed by atoms with Crippen molar-refractivity contribution in [2.45, 2.75) is 52.0 Å². The van der Waals surface area contributed by atoms with Crippen LogP contribution in [0.15, 0.2) is 18.2 Å². The summed E-state index contributed by atoms with van der Waals surface area (Å²) in [7, 11) is 2.09. The molecule has 0 aliphatic heterocycles. The van der Waals surface area contributed by atoms with Crippen molar-refractivity contribution in [1.29, 1.82) is 0 Å². The summed E-state index contributed by atoms with van der Waals surface area (Å²) in [6, 6.07) is 6.31. The van der Waals surface area contributed by atoms with Crippen LogP contribution in [0.4, 0.5) is 0 Å². The van der Waals surface area contributed by atoms with Gasteiger partial charge in [0.05, 0.1) is 11.0 Å². The third kappa shape index (κ3) is 2.87. The van der Waals surface area contributed by atoms with Crippen molar-refractivity contribution < 1.29 is 4.79 Å². The fraction of sp³-hybridized carbons (Fsp3) is 0.556. The molecule has 4 nitrogen and oxygen atoms in total. The van der Waals surface area contributed by atoms with Gasteiger partial charge < -0.3 is 9.88 Å². The minimum absolute atomic E-state index is 0.125. The van der Waals surface area contributed by atoms with Gasteiger partial charge in [-0.15, -0.1) is 0 Å². The Morgan fingerprint density at radius 2 is 2.09 bits per heavy atom. The molecule has 1 aliphatic rings. The Morgan fingerprint density at radius 1 is 1.36 bits per heavy atom. The molecule has 1 heterocycles. The van der Waals surface area contributed by atoms with Crippen LogP contribution in [0.3, 0.4) is 0 Å². The summed E-state index contributed by atoms with van der Waals surface area (Å²) in [6.45, 7) is 4.71. The lowest BCUT2D eigenvalue weighted by Gasteiger charge is -2.12. The molecule has 0 atom stereocenters. The second-order valence-electron chi connectivity index (χ2n) is 6.36. The minimum Gasteiger partial charge on any atom is -0.352 e. The van der Waals surface area contributed by atoms with Gasteiger partial charge in [0.1, 0.15) is 5.82 Å². The molecule has 1 aromatic heterocycles. The van der Waals surface area contributed by atoms with Crippen molar-refractivity contribution in [1.82, 2.24) is 14.9 Å². The predicted octanol–water partition coefficient (Wildman–Crippen LogP) is 3.50. The Morgan fingerprint density at radius 3 is 2.73 bits per heavy atom. The van der Waals surface area contributed by atoms with Crippen LogP contribution < -0.4 is 5.32 Å². The van der Waals surface area contributed by atoms with Crippen LogP contribution >= 0.6 is 0 Å². The molecule has 4 heteroatoms. The average molecular weight is 299 g/mol. The van der Waals surface area contributed by atoms with Gasteiger partial charge in [-0.25, -0.2) is 4.98 Å². The van der Waals surface area contributed by atoms with Crippen LogP contribution in [0.2, 0.25) is 0 Å². The zero-order valence-corrected chi connectivity index (χ0v) is 13.7. The monoisotopic (exact) mass is 299 g/mol. The lowest BCUT2D eigenvalue weighted by atomic mass is 10.0. The van der Waals surface area contributed by atoms with E-state index in [1.807, 2.05) is 0 Å². The second kappa shape index (κ2) is 6.11. The summed E-state index contributed by atoms with van der Waals surface area (Å²) in [5.41, 5.74) is 3.34. The number of aryl methyl sites for hydroxylation is 1. The van der Waals surface area contributed by atoms with Crippen LogP contribution in [0, 0.1) is 5.92 Å². The van der Waals surface area contributed by atoms with E-state index in [-0.39, 0.29) is 11.8 Å². The minimum atomic E-state index is 0.125.